The molecule has 7 nitrogen and oxygen atoms in total. The van der Waals surface area contributed by atoms with E-state index in [9.17, 15) is 4.79 Å². The zero-order chi connectivity index (χ0) is 20.4. The molecule has 152 valence electrons. The minimum Gasteiger partial charge on any atom is -0.373 e. The SMILES string of the molecule is CCn1ncc2cc3nc(c21)CCCOC(C)(C)[C@@H](c1ccccc1)NC(=O)N3. The van der Waals surface area contributed by atoms with Crippen LogP contribution >= 0.6 is 0 Å². The molecule has 0 aliphatic carbocycles. The van der Waals surface area contributed by atoms with Crippen LogP contribution < -0.4 is 10.6 Å². The number of hydrogen-bond donors (Lipinski definition) is 2. The highest BCUT2D eigenvalue weighted by atomic mass is 16.5. The summed E-state index contributed by atoms with van der Waals surface area (Å²) < 4.78 is 8.19. The number of hydrogen-bond acceptors (Lipinski definition) is 4. The fourth-order valence-electron chi connectivity index (χ4n) is 3.92. The van der Waals surface area contributed by atoms with Gasteiger partial charge in [-0.15, -0.1) is 0 Å². The molecule has 0 saturated heterocycles. The Labute approximate surface area is 170 Å². The van der Waals surface area contributed by atoms with Gasteiger partial charge in [0.15, 0.2) is 0 Å². The van der Waals surface area contributed by atoms with Gasteiger partial charge < -0.3 is 10.1 Å². The molecule has 3 aromatic rings. The fourth-order valence-corrected chi connectivity index (χ4v) is 3.92. The number of benzene rings is 1. The fraction of sp³-hybridized carbons (Fsp3) is 0.409. The van der Waals surface area contributed by atoms with E-state index in [1.165, 1.54) is 0 Å². The van der Waals surface area contributed by atoms with Gasteiger partial charge in [-0.2, -0.15) is 5.10 Å². The zero-order valence-electron chi connectivity index (χ0n) is 17.1. The van der Waals surface area contributed by atoms with Crippen LogP contribution in [-0.2, 0) is 17.7 Å². The minimum atomic E-state index is -0.570. The van der Waals surface area contributed by atoms with Crippen LogP contribution in [-0.4, -0.2) is 33.0 Å². The van der Waals surface area contributed by atoms with Crippen LogP contribution in [0.25, 0.3) is 10.9 Å². The molecule has 0 fully saturated rings. The number of urea groups is 1. The quantitative estimate of drug-likeness (QED) is 0.688. The van der Waals surface area contributed by atoms with Crippen LogP contribution in [0.1, 0.15) is 44.5 Å². The van der Waals surface area contributed by atoms with Crippen molar-refractivity contribution in [2.75, 3.05) is 11.9 Å². The molecule has 1 aliphatic rings. The maximum absolute atomic E-state index is 12.8. The number of aryl methyl sites for hydroxylation is 2. The summed E-state index contributed by atoms with van der Waals surface area (Å²) >= 11 is 0. The second-order valence-corrected chi connectivity index (χ2v) is 7.85. The highest BCUT2D eigenvalue weighted by Gasteiger charge is 2.33. The van der Waals surface area contributed by atoms with Gasteiger partial charge >= 0.3 is 6.03 Å². The van der Waals surface area contributed by atoms with E-state index in [1.807, 2.05) is 61.1 Å². The second kappa shape index (κ2) is 7.83. The number of carbonyl (C=O) groups excluding carboxylic acids is 1. The van der Waals surface area contributed by atoms with Gasteiger partial charge in [0.25, 0.3) is 0 Å². The van der Waals surface area contributed by atoms with E-state index in [4.69, 9.17) is 9.72 Å². The number of nitrogens with zero attached hydrogens (tertiary/aromatic N) is 3. The highest BCUT2D eigenvalue weighted by Crippen LogP contribution is 2.30. The first-order valence-electron chi connectivity index (χ1n) is 10.1. The van der Waals surface area contributed by atoms with Crippen molar-refractivity contribution >= 4 is 22.8 Å². The Bertz CT molecular complexity index is 1010. The standard InChI is InChI=1S/C22H27N5O2/c1-4-27-19-16(14-23-27)13-18-24-17(19)11-8-12-29-22(2,3)20(26-21(28)25-18)15-9-6-5-7-10-15/h5-7,9-10,13-14,20H,4,8,11-12H2,1-3H3,(H2,24,25,26,28)/t20-/m1/s1. The maximum Gasteiger partial charge on any atom is 0.320 e. The molecule has 2 bridgehead atoms. The van der Waals surface area contributed by atoms with Crippen LogP contribution in [0.4, 0.5) is 10.6 Å². The molecule has 29 heavy (non-hydrogen) atoms. The molecule has 2 aromatic heterocycles. The van der Waals surface area contributed by atoms with Crippen molar-refractivity contribution in [3.63, 3.8) is 0 Å². The third-order valence-electron chi connectivity index (χ3n) is 5.37. The van der Waals surface area contributed by atoms with E-state index in [0.29, 0.717) is 12.4 Å². The van der Waals surface area contributed by atoms with Crippen molar-refractivity contribution in [1.82, 2.24) is 20.1 Å². The predicted molar refractivity (Wildman–Crippen MR) is 113 cm³/mol. The summed E-state index contributed by atoms with van der Waals surface area (Å²) in [6, 6.07) is 11.2. The molecular weight excluding hydrogens is 366 g/mol. The third-order valence-corrected chi connectivity index (χ3v) is 5.37. The Hall–Kier alpha value is -2.93. The molecule has 1 atom stereocenters. The molecule has 0 unspecified atom stereocenters. The first-order chi connectivity index (χ1) is 14.0. The number of fused-ring (bicyclic) bond motifs is 4. The molecule has 4 rings (SSSR count). The Morgan fingerprint density at radius 3 is 2.83 bits per heavy atom. The summed E-state index contributed by atoms with van der Waals surface area (Å²) in [4.78, 5) is 17.5. The largest absolute Gasteiger partial charge is 0.373 e. The Morgan fingerprint density at radius 1 is 1.28 bits per heavy atom. The van der Waals surface area contributed by atoms with Crippen LogP contribution in [0.3, 0.4) is 0 Å². The van der Waals surface area contributed by atoms with Crippen molar-refractivity contribution in [3.8, 4) is 0 Å². The molecule has 1 aliphatic heterocycles. The molecular formula is C22H27N5O2. The summed E-state index contributed by atoms with van der Waals surface area (Å²) in [6.07, 6.45) is 3.41. The smallest absolute Gasteiger partial charge is 0.320 e. The van der Waals surface area contributed by atoms with Gasteiger partial charge in [0, 0.05) is 18.5 Å². The van der Waals surface area contributed by atoms with E-state index < -0.39 is 5.60 Å². The van der Waals surface area contributed by atoms with Crippen LogP contribution in [0.15, 0.2) is 42.6 Å². The van der Waals surface area contributed by atoms with Crippen LogP contribution in [0, 0.1) is 0 Å². The molecule has 3 heterocycles. The number of carbonyl (C=O) groups is 1. The summed E-state index contributed by atoms with van der Waals surface area (Å²) in [5.74, 6) is 0.534. The topological polar surface area (TPSA) is 81.1 Å². The lowest BCUT2D eigenvalue weighted by molar-refractivity contribution is -0.0434. The van der Waals surface area contributed by atoms with E-state index >= 15 is 0 Å². The number of amides is 2. The van der Waals surface area contributed by atoms with Gasteiger partial charge in [-0.05, 0) is 45.2 Å². The first kappa shape index (κ1) is 19.4. The summed E-state index contributed by atoms with van der Waals surface area (Å²) in [5.41, 5.74) is 2.38. The minimum absolute atomic E-state index is 0.297. The normalized spacial score (nSPS) is 19.7. The second-order valence-electron chi connectivity index (χ2n) is 7.85. The average Bonchev–Trinajstić information content (AvgIpc) is 3.12. The monoisotopic (exact) mass is 393 g/mol. The number of anilines is 1. The van der Waals surface area contributed by atoms with Gasteiger partial charge in [0.05, 0.1) is 29.1 Å². The maximum atomic E-state index is 12.8. The molecule has 7 heteroatoms. The Morgan fingerprint density at radius 2 is 2.07 bits per heavy atom. The summed E-state index contributed by atoms with van der Waals surface area (Å²) in [5, 5.41) is 11.4. The van der Waals surface area contributed by atoms with Crippen LogP contribution in [0.2, 0.25) is 0 Å². The number of pyridine rings is 1. The number of rotatable bonds is 2. The molecule has 0 saturated carbocycles. The molecule has 2 N–H and O–H groups in total. The summed E-state index contributed by atoms with van der Waals surface area (Å²) in [7, 11) is 0. The van der Waals surface area contributed by atoms with Crippen molar-refractivity contribution in [3.05, 3.63) is 53.9 Å². The lowest BCUT2D eigenvalue weighted by atomic mass is 9.91. The zero-order valence-corrected chi connectivity index (χ0v) is 17.1. The molecule has 1 aromatic carbocycles. The van der Waals surface area contributed by atoms with Gasteiger partial charge in [-0.3, -0.25) is 10.00 Å². The number of aromatic nitrogens is 3. The third kappa shape index (κ3) is 3.96. The van der Waals surface area contributed by atoms with Crippen molar-refractivity contribution < 1.29 is 9.53 Å². The van der Waals surface area contributed by atoms with E-state index in [0.717, 1.165) is 41.5 Å². The van der Waals surface area contributed by atoms with Gasteiger partial charge in [-0.1, -0.05) is 30.3 Å². The lowest BCUT2D eigenvalue weighted by Gasteiger charge is -2.35. The average molecular weight is 393 g/mol. The molecule has 0 spiro atoms. The lowest BCUT2D eigenvalue weighted by Crippen LogP contribution is -2.46. The Balaban J connectivity index is 1.71. The van der Waals surface area contributed by atoms with Crippen molar-refractivity contribution in [2.45, 2.75) is 51.8 Å². The van der Waals surface area contributed by atoms with Crippen LogP contribution in [0.5, 0.6) is 0 Å². The molecule has 2 amide bonds. The van der Waals surface area contributed by atoms with E-state index in [-0.39, 0.29) is 12.1 Å². The molecule has 0 radical (unpaired) electrons. The van der Waals surface area contributed by atoms with Crippen molar-refractivity contribution in [1.29, 1.82) is 0 Å². The number of ether oxygens (including phenoxy) is 1. The van der Waals surface area contributed by atoms with Gasteiger partial charge in [-0.25, -0.2) is 9.78 Å². The van der Waals surface area contributed by atoms with E-state index in [2.05, 4.69) is 22.7 Å². The Kier molecular flexibility index (Phi) is 5.24. The number of nitrogens with one attached hydrogen (secondary N) is 2. The van der Waals surface area contributed by atoms with Gasteiger partial charge in [0.2, 0.25) is 0 Å². The first-order valence-corrected chi connectivity index (χ1v) is 10.1. The highest BCUT2D eigenvalue weighted by molar-refractivity contribution is 5.92. The summed E-state index contributed by atoms with van der Waals surface area (Å²) in [6.45, 7) is 7.43. The van der Waals surface area contributed by atoms with E-state index in [1.54, 1.807) is 0 Å². The van der Waals surface area contributed by atoms with Gasteiger partial charge in [0.1, 0.15) is 5.82 Å². The predicted octanol–water partition coefficient (Wildman–Crippen LogP) is 4.06. The van der Waals surface area contributed by atoms with Crippen molar-refractivity contribution in [2.24, 2.45) is 0 Å².